The zero-order valence-electron chi connectivity index (χ0n) is 10.3. The average molecular weight is 292 g/mol. The van der Waals surface area contributed by atoms with E-state index in [0.29, 0.717) is 30.1 Å². The highest BCUT2D eigenvalue weighted by atomic mass is 35.5. The van der Waals surface area contributed by atoms with Crippen LogP contribution in [0.1, 0.15) is 18.1 Å². The third kappa shape index (κ3) is 5.82. The van der Waals surface area contributed by atoms with Gasteiger partial charge in [0, 0.05) is 23.4 Å². The highest BCUT2D eigenvalue weighted by Crippen LogP contribution is 2.21. The zero-order chi connectivity index (χ0) is 13.6. The Morgan fingerprint density at radius 2 is 2.06 bits per heavy atom. The second kappa shape index (κ2) is 7.09. The van der Waals surface area contributed by atoms with Crippen LogP contribution in [0, 0.1) is 0 Å². The Hall–Kier alpha value is -0.620. The molecular formula is C12H18ClNO3S. The summed E-state index contributed by atoms with van der Waals surface area (Å²) in [6, 6.07) is 7.11. The summed E-state index contributed by atoms with van der Waals surface area (Å²) in [4.78, 5) is 0. The molecule has 0 heterocycles. The van der Waals surface area contributed by atoms with Crippen LogP contribution in [0.3, 0.4) is 0 Å². The van der Waals surface area contributed by atoms with Crippen molar-refractivity contribution in [3.63, 3.8) is 0 Å². The monoisotopic (exact) mass is 291 g/mol. The Kier molecular flexibility index (Phi) is 6.08. The van der Waals surface area contributed by atoms with Gasteiger partial charge >= 0.3 is 0 Å². The van der Waals surface area contributed by atoms with Gasteiger partial charge in [0.15, 0.2) is 0 Å². The topological polar surface area (TPSA) is 66.4 Å². The molecule has 0 aliphatic rings. The summed E-state index contributed by atoms with van der Waals surface area (Å²) in [6.07, 6.45) is 1.07. The highest BCUT2D eigenvalue weighted by Gasteiger charge is 2.10. The van der Waals surface area contributed by atoms with Crippen LogP contribution in [0.25, 0.3) is 0 Å². The van der Waals surface area contributed by atoms with E-state index in [0.717, 1.165) is 0 Å². The number of benzene rings is 1. The van der Waals surface area contributed by atoms with Gasteiger partial charge in [-0.25, -0.2) is 8.42 Å². The normalized spacial score (nSPS) is 13.5. The van der Waals surface area contributed by atoms with E-state index in [9.17, 15) is 13.5 Å². The lowest BCUT2D eigenvalue weighted by atomic mass is 10.1. The summed E-state index contributed by atoms with van der Waals surface area (Å²) in [5.41, 5.74) is 0.676. The molecule has 2 N–H and O–H groups in total. The van der Waals surface area contributed by atoms with Gasteiger partial charge in [0.05, 0.1) is 11.9 Å². The molecule has 1 atom stereocenters. The summed E-state index contributed by atoms with van der Waals surface area (Å²) in [5, 5.41) is 13.4. The fourth-order valence-electron chi connectivity index (χ4n) is 1.55. The third-order valence-corrected chi connectivity index (χ3v) is 3.85. The Bertz CT molecular complexity index is 476. The van der Waals surface area contributed by atoms with Gasteiger partial charge in [0.1, 0.15) is 9.84 Å². The Labute approximate surface area is 113 Å². The van der Waals surface area contributed by atoms with Crippen molar-refractivity contribution < 1.29 is 13.5 Å². The number of hydrogen-bond donors (Lipinski definition) is 2. The number of nitrogens with one attached hydrogen (secondary N) is 1. The fourth-order valence-corrected chi connectivity index (χ4v) is 2.48. The first kappa shape index (κ1) is 15.4. The first-order valence-corrected chi connectivity index (χ1v) is 8.15. The fraction of sp³-hybridized carbons (Fsp3) is 0.500. The lowest BCUT2D eigenvalue weighted by Crippen LogP contribution is -2.24. The predicted molar refractivity (Wildman–Crippen MR) is 73.6 cm³/mol. The van der Waals surface area contributed by atoms with E-state index < -0.39 is 15.9 Å². The van der Waals surface area contributed by atoms with Gasteiger partial charge in [-0.15, -0.1) is 0 Å². The summed E-state index contributed by atoms with van der Waals surface area (Å²) in [6.45, 7) is 0.905. The molecule has 1 unspecified atom stereocenters. The van der Waals surface area contributed by atoms with Gasteiger partial charge in [0.2, 0.25) is 0 Å². The standard InChI is InChI=1S/C12H18ClNO3S/c1-18(16,17)8-4-7-14-9-12(15)10-5-2-3-6-11(10)13/h2-3,5-6,12,14-15H,4,7-9H2,1H3. The largest absolute Gasteiger partial charge is 0.387 e. The van der Waals surface area contributed by atoms with E-state index in [1.165, 1.54) is 6.26 Å². The van der Waals surface area contributed by atoms with E-state index in [1.54, 1.807) is 18.2 Å². The molecule has 0 saturated carbocycles. The lowest BCUT2D eigenvalue weighted by molar-refractivity contribution is 0.175. The Morgan fingerprint density at radius 3 is 2.67 bits per heavy atom. The molecule has 1 aromatic rings. The molecule has 0 fully saturated rings. The quantitative estimate of drug-likeness (QED) is 0.745. The first-order chi connectivity index (χ1) is 8.40. The van der Waals surface area contributed by atoms with Crippen molar-refractivity contribution in [2.45, 2.75) is 12.5 Å². The van der Waals surface area contributed by atoms with Gasteiger partial charge < -0.3 is 10.4 Å². The van der Waals surface area contributed by atoms with E-state index in [4.69, 9.17) is 11.6 Å². The Morgan fingerprint density at radius 1 is 1.39 bits per heavy atom. The maximum Gasteiger partial charge on any atom is 0.147 e. The van der Waals surface area contributed by atoms with Crippen molar-refractivity contribution in [2.24, 2.45) is 0 Å². The van der Waals surface area contributed by atoms with Gasteiger partial charge in [0.25, 0.3) is 0 Å². The molecule has 0 radical (unpaired) electrons. The molecule has 0 saturated heterocycles. The summed E-state index contributed by atoms with van der Waals surface area (Å²) >= 11 is 5.95. The summed E-state index contributed by atoms with van der Waals surface area (Å²) in [5.74, 6) is 0.155. The summed E-state index contributed by atoms with van der Waals surface area (Å²) < 4.78 is 21.8. The van der Waals surface area contributed by atoms with E-state index in [2.05, 4.69) is 5.32 Å². The number of aliphatic hydroxyl groups excluding tert-OH is 1. The van der Waals surface area contributed by atoms with E-state index in [-0.39, 0.29) is 5.75 Å². The van der Waals surface area contributed by atoms with Crippen molar-refractivity contribution in [3.05, 3.63) is 34.9 Å². The number of sulfone groups is 1. The maximum atomic E-state index is 10.9. The third-order valence-electron chi connectivity index (χ3n) is 2.47. The molecule has 1 rings (SSSR count). The van der Waals surface area contributed by atoms with Crippen LogP contribution in [-0.2, 0) is 9.84 Å². The van der Waals surface area contributed by atoms with Gasteiger partial charge in [-0.05, 0) is 19.0 Å². The van der Waals surface area contributed by atoms with Crippen LogP contribution in [0.15, 0.2) is 24.3 Å². The van der Waals surface area contributed by atoms with Crippen molar-refractivity contribution in [1.29, 1.82) is 0 Å². The molecule has 0 spiro atoms. The van der Waals surface area contributed by atoms with Crippen LogP contribution in [0.5, 0.6) is 0 Å². The Balaban J connectivity index is 2.30. The number of hydrogen-bond acceptors (Lipinski definition) is 4. The minimum absolute atomic E-state index is 0.155. The maximum absolute atomic E-state index is 10.9. The van der Waals surface area contributed by atoms with Crippen LogP contribution >= 0.6 is 11.6 Å². The molecule has 0 bridgehead atoms. The van der Waals surface area contributed by atoms with E-state index in [1.807, 2.05) is 6.07 Å². The second-order valence-corrected chi connectivity index (χ2v) is 6.89. The van der Waals surface area contributed by atoms with Gasteiger partial charge in [-0.3, -0.25) is 0 Å². The SMILES string of the molecule is CS(=O)(=O)CCCNCC(O)c1ccccc1Cl. The van der Waals surface area contributed by atoms with E-state index >= 15 is 0 Å². The molecule has 1 aromatic carbocycles. The van der Waals surface area contributed by atoms with Crippen LogP contribution in [-0.4, -0.2) is 38.6 Å². The molecule has 18 heavy (non-hydrogen) atoms. The first-order valence-electron chi connectivity index (χ1n) is 5.71. The average Bonchev–Trinajstić information content (AvgIpc) is 2.27. The number of rotatable bonds is 7. The van der Waals surface area contributed by atoms with Crippen molar-refractivity contribution in [2.75, 3.05) is 25.1 Å². The predicted octanol–water partition coefficient (Wildman–Crippen LogP) is 1.40. The van der Waals surface area contributed by atoms with Gasteiger partial charge in [-0.1, -0.05) is 29.8 Å². The van der Waals surface area contributed by atoms with Crippen LogP contribution in [0.2, 0.25) is 5.02 Å². The molecule has 0 amide bonds. The minimum atomic E-state index is -2.91. The van der Waals surface area contributed by atoms with Crippen LogP contribution < -0.4 is 5.32 Å². The van der Waals surface area contributed by atoms with Crippen molar-refractivity contribution in [1.82, 2.24) is 5.32 Å². The molecule has 0 aromatic heterocycles. The molecule has 4 nitrogen and oxygen atoms in total. The lowest BCUT2D eigenvalue weighted by Gasteiger charge is -2.13. The summed E-state index contributed by atoms with van der Waals surface area (Å²) in [7, 11) is -2.91. The number of aliphatic hydroxyl groups is 1. The van der Waals surface area contributed by atoms with Crippen molar-refractivity contribution >= 4 is 21.4 Å². The molecule has 0 aliphatic carbocycles. The van der Waals surface area contributed by atoms with Crippen molar-refractivity contribution in [3.8, 4) is 0 Å². The molecule has 102 valence electrons. The molecular weight excluding hydrogens is 274 g/mol. The number of halogens is 1. The van der Waals surface area contributed by atoms with Gasteiger partial charge in [-0.2, -0.15) is 0 Å². The highest BCUT2D eigenvalue weighted by molar-refractivity contribution is 7.90. The minimum Gasteiger partial charge on any atom is -0.387 e. The smallest absolute Gasteiger partial charge is 0.147 e. The molecule has 0 aliphatic heterocycles. The molecule has 6 heteroatoms. The second-order valence-electron chi connectivity index (χ2n) is 4.22. The van der Waals surface area contributed by atoms with Crippen LogP contribution in [0.4, 0.5) is 0 Å². The zero-order valence-corrected chi connectivity index (χ0v) is 11.8.